The van der Waals surface area contributed by atoms with Gasteiger partial charge in [-0.25, -0.2) is 0 Å². The fraction of sp³-hybridized carbons (Fsp3) is 0.250. The van der Waals surface area contributed by atoms with E-state index < -0.39 is 10.1 Å². The average Bonchev–Trinajstić information content (AvgIpc) is 2.99. The van der Waals surface area contributed by atoms with Crippen LogP contribution in [0.2, 0.25) is 0 Å². The Balaban J connectivity index is 1.33. The minimum atomic E-state index is -4.03. The monoisotopic (exact) mass is 557 g/mol. The van der Waals surface area contributed by atoms with E-state index in [2.05, 4.69) is 17.0 Å². The molecular formula is C32H31NO6S. The summed E-state index contributed by atoms with van der Waals surface area (Å²) < 4.78 is 49.5. The van der Waals surface area contributed by atoms with Gasteiger partial charge in [0, 0.05) is 24.7 Å². The lowest BCUT2D eigenvalue weighted by Crippen LogP contribution is -2.39. The summed E-state index contributed by atoms with van der Waals surface area (Å²) in [4.78, 5) is 2.48. The van der Waals surface area contributed by atoms with Crippen LogP contribution >= 0.6 is 0 Å². The van der Waals surface area contributed by atoms with E-state index in [4.69, 9.17) is 18.4 Å². The average molecular weight is 558 g/mol. The fourth-order valence-corrected chi connectivity index (χ4v) is 6.61. The summed E-state index contributed by atoms with van der Waals surface area (Å²) in [6, 6.07) is 26.4. The Morgan fingerprint density at radius 2 is 1.55 bits per heavy atom. The van der Waals surface area contributed by atoms with Gasteiger partial charge in [-0.2, -0.15) is 8.42 Å². The van der Waals surface area contributed by atoms with Crippen LogP contribution in [0.25, 0.3) is 0 Å². The highest BCUT2D eigenvalue weighted by atomic mass is 32.2. The molecule has 1 atom stereocenters. The fourth-order valence-electron chi connectivity index (χ4n) is 5.62. The lowest BCUT2D eigenvalue weighted by atomic mass is 9.83. The van der Waals surface area contributed by atoms with E-state index in [1.54, 1.807) is 31.4 Å². The molecule has 0 radical (unpaired) electrons. The van der Waals surface area contributed by atoms with Gasteiger partial charge in [-0.1, -0.05) is 54.6 Å². The van der Waals surface area contributed by atoms with Gasteiger partial charge < -0.3 is 18.4 Å². The van der Waals surface area contributed by atoms with E-state index >= 15 is 0 Å². The highest BCUT2D eigenvalue weighted by Gasteiger charge is 2.36. The van der Waals surface area contributed by atoms with E-state index in [9.17, 15) is 8.42 Å². The third-order valence-corrected chi connectivity index (χ3v) is 8.91. The molecule has 0 bridgehead atoms. The molecule has 4 aromatic rings. The summed E-state index contributed by atoms with van der Waals surface area (Å²) in [6.07, 6.45) is 1.55. The van der Waals surface area contributed by atoms with E-state index in [-0.39, 0.29) is 16.7 Å². The first kappa shape index (κ1) is 26.2. The molecule has 0 fully saturated rings. The molecule has 6 rings (SSSR count). The molecule has 8 heteroatoms. The quantitative estimate of drug-likeness (QED) is 0.257. The summed E-state index contributed by atoms with van der Waals surface area (Å²) in [5, 5.41) is 0. The van der Waals surface area contributed by atoms with Crippen LogP contribution in [0.3, 0.4) is 0 Å². The molecule has 0 amide bonds. The maximum absolute atomic E-state index is 13.1. The van der Waals surface area contributed by atoms with Gasteiger partial charge in [0.05, 0.1) is 14.2 Å². The summed E-state index contributed by atoms with van der Waals surface area (Å²) in [5.41, 5.74) is 5.41. The van der Waals surface area contributed by atoms with Crippen LogP contribution in [-0.4, -0.2) is 34.1 Å². The number of methoxy groups -OCH3 is 2. The molecule has 4 aromatic carbocycles. The SMILES string of the molecule is COc1cc2c(cc1OCc1ccccc1)C1Cc3ccc(OC)c(OS(=O)(=O)c4ccccc4)c3CN1CC2. The molecule has 2 aliphatic heterocycles. The van der Waals surface area contributed by atoms with Gasteiger partial charge >= 0.3 is 10.1 Å². The molecule has 40 heavy (non-hydrogen) atoms. The molecule has 7 nitrogen and oxygen atoms in total. The first-order valence-electron chi connectivity index (χ1n) is 13.3. The molecule has 1 unspecified atom stereocenters. The predicted octanol–water partition coefficient (Wildman–Crippen LogP) is 5.71. The second-order valence-electron chi connectivity index (χ2n) is 10.0. The molecule has 2 heterocycles. The Morgan fingerprint density at radius 1 is 0.825 bits per heavy atom. The molecule has 2 aliphatic rings. The number of ether oxygens (including phenoxy) is 3. The largest absolute Gasteiger partial charge is 0.493 e. The maximum atomic E-state index is 13.1. The molecule has 206 valence electrons. The van der Waals surface area contributed by atoms with E-state index in [0.717, 1.165) is 35.4 Å². The highest BCUT2D eigenvalue weighted by Crippen LogP contribution is 2.46. The van der Waals surface area contributed by atoms with Gasteiger partial charge in [0.2, 0.25) is 0 Å². The number of rotatable bonds is 8. The highest BCUT2D eigenvalue weighted by molar-refractivity contribution is 7.87. The Hall–Kier alpha value is -4.01. The van der Waals surface area contributed by atoms with E-state index in [1.165, 1.54) is 30.4 Å². The van der Waals surface area contributed by atoms with Gasteiger partial charge in [-0.15, -0.1) is 0 Å². The van der Waals surface area contributed by atoms with Gasteiger partial charge in [0.25, 0.3) is 0 Å². The first-order chi connectivity index (χ1) is 19.5. The molecule has 0 saturated carbocycles. The van der Waals surface area contributed by atoms with Crippen molar-refractivity contribution in [1.82, 2.24) is 4.90 Å². The van der Waals surface area contributed by atoms with Crippen molar-refractivity contribution < 1.29 is 26.8 Å². The number of fused-ring (bicyclic) bond motifs is 4. The van der Waals surface area contributed by atoms with Crippen molar-refractivity contribution in [1.29, 1.82) is 0 Å². The van der Waals surface area contributed by atoms with Crippen molar-refractivity contribution in [3.05, 3.63) is 113 Å². The lowest BCUT2D eigenvalue weighted by Gasteiger charge is -2.42. The van der Waals surface area contributed by atoms with Crippen molar-refractivity contribution >= 4 is 10.1 Å². The minimum Gasteiger partial charge on any atom is -0.493 e. The van der Waals surface area contributed by atoms with Gasteiger partial charge in [-0.05, 0) is 65.4 Å². The molecule has 0 spiro atoms. The normalized spacial score (nSPS) is 16.3. The molecule has 0 saturated heterocycles. The second-order valence-corrected chi connectivity index (χ2v) is 11.5. The number of benzene rings is 4. The third-order valence-electron chi connectivity index (χ3n) is 7.67. The van der Waals surface area contributed by atoms with E-state index in [1.807, 2.05) is 36.4 Å². The van der Waals surface area contributed by atoms with Crippen molar-refractivity contribution in [2.24, 2.45) is 0 Å². The van der Waals surface area contributed by atoms with Crippen LogP contribution in [0, 0.1) is 0 Å². The number of nitrogens with zero attached hydrogens (tertiary/aromatic N) is 1. The summed E-state index contributed by atoms with van der Waals surface area (Å²) in [6.45, 7) is 1.82. The zero-order valence-electron chi connectivity index (χ0n) is 22.5. The second kappa shape index (κ2) is 10.9. The van der Waals surface area contributed by atoms with Crippen LogP contribution in [0.1, 0.15) is 33.9 Å². The first-order valence-corrected chi connectivity index (χ1v) is 14.7. The number of hydrogen-bond donors (Lipinski definition) is 0. The molecular weight excluding hydrogens is 526 g/mol. The van der Waals surface area contributed by atoms with Gasteiger partial charge in [0.1, 0.15) is 11.5 Å². The van der Waals surface area contributed by atoms with Crippen LogP contribution < -0.4 is 18.4 Å². The summed E-state index contributed by atoms with van der Waals surface area (Å²) >= 11 is 0. The zero-order chi connectivity index (χ0) is 27.7. The predicted molar refractivity (Wildman–Crippen MR) is 152 cm³/mol. The van der Waals surface area contributed by atoms with Gasteiger partial charge in [-0.3, -0.25) is 4.90 Å². The lowest BCUT2D eigenvalue weighted by molar-refractivity contribution is 0.158. The van der Waals surface area contributed by atoms with Crippen LogP contribution in [0.15, 0.2) is 89.8 Å². The molecule has 0 N–H and O–H groups in total. The van der Waals surface area contributed by atoms with Crippen LogP contribution in [0.4, 0.5) is 0 Å². The van der Waals surface area contributed by atoms with Gasteiger partial charge in [0.15, 0.2) is 23.0 Å². The summed E-state index contributed by atoms with van der Waals surface area (Å²) in [5.74, 6) is 2.10. The zero-order valence-corrected chi connectivity index (χ0v) is 23.3. The standard InChI is InChI=1S/C32H31NO6S/c1-36-29-14-13-23-17-28-26-19-31(38-21-22-9-5-3-6-10-22)30(37-2)18-24(26)15-16-33(28)20-27(23)32(29)39-40(34,35)25-11-7-4-8-12-25/h3-14,18-19,28H,15-17,20-21H2,1-2H3. The summed E-state index contributed by atoms with van der Waals surface area (Å²) in [7, 11) is -0.836. The third kappa shape index (κ3) is 5.00. The van der Waals surface area contributed by atoms with Crippen molar-refractivity contribution in [2.75, 3.05) is 20.8 Å². The van der Waals surface area contributed by atoms with Crippen LogP contribution in [-0.2, 0) is 36.1 Å². The van der Waals surface area contributed by atoms with Crippen LogP contribution in [0.5, 0.6) is 23.0 Å². The molecule has 0 aromatic heterocycles. The Morgan fingerprint density at radius 3 is 2.27 bits per heavy atom. The number of hydrogen-bond acceptors (Lipinski definition) is 7. The Kier molecular flexibility index (Phi) is 7.12. The van der Waals surface area contributed by atoms with E-state index in [0.29, 0.717) is 31.1 Å². The topological polar surface area (TPSA) is 74.3 Å². The molecule has 0 aliphatic carbocycles. The Bertz CT molecular complexity index is 1620. The smallest absolute Gasteiger partial charge is 0.339 e. The van der Waals surface area contributed by atoms with Crippen molar-refractivity contribution in [3.63, 3.8) is 0 Å². The Labute approximate surface area is 235 Å². The van der Waals surface area contributed by atoms with Crippen molar-refractivity contribution in [3.8, 4) is 23.0 Å². The maximum Gasteiger partial charge on any atom is 0.339 e. The minimum absolute atomic E-state index is 0.104. The van der Waals surface area contributed by atoms with Crippen molar-refractivity contribution in [2.45, 2.75) is 36.9 Å².